The monoisotopic (exact) mass is 369 g/mol. The number of rotatable bonds is 8. The topological polar surface area (TPSA) is 109 Å². The highest BCUT2D eigenvalue weighted by Gasteiger charge is 2.10. The quantitative estimate of drug-likeness (QED) is 0.330. The number of morpholine rings is 1. The predicted octanol–water partition coefficient (Wildman–Crippen LogP) is -0.279. The normalized spacial score (nSPS) is 16.8. The predicted molar refractivity (Wildman–Crippen MR) is 97.9 cm³/mol. The molecule has 1 aromatic rings. The van der Waals surface area contributed by atoms with Crippen molar-refractivity contribution in [3.05, 3.63) is 29.8 Å². The zero-order valence-corrected chi connectivity index (χ0v) is 15.4. The van der Waals surface area contributed by atoms with E-state index < -0.39 is 10.0 Å². The van der Waals surface area contributed by atoms with Crippen LogP contribution in [0.4, 0.5) is 0 Å². The number of hydrogen-bond acceptors (Lipinski definition) is 5. The molecule has 140 valence electrons. The van der Waals surface area contributed by atoms with Crippen molar-refractivity contribution in [3.8, 4) is 0 Å². The molecule has 25 heavy (non-hydrogen) atoms. The molecule has 8 nitrogen and oxygen atoms in total. The first-order valence-corrected chi connectivity index (χ1v) is 9.86. The summed E-state index contributed by atoms with van der Waals surface area (Å²) in [5, 5.41) is 3.10. The van der Waals surface area contributed by atoms with Gasteiger partial charge in [0.15, 0.2) is 5.96 Å². The molecule has 0 amide bonds. The number of nitrogens with two attached hydrogens (primary N) is 1. The highest BCUT2D eigenvalue weighted by Crippen LogP contribution is 2.10. The molecule has 1 fully saturated rings. The lowest BCUT2D eigenvalue weighted by atomic mass is 10.2. The maximum absolute atomic E-state index is 11.7. The van der Waals surface area contributed by atoms with Gasteiger partial charge in [-0.2, -0.15) is 0 Å². The van der Waals surface area contributed by atoms with Crippen molar-refractivity contribution in [2.75, 3.05) is 46.4 Å². The van der Waals surface area contributed by atoms with Crippen LogP contribution in [0, 0.1) is 0 Å². The van der Waals surface area contributed by atoms with Crippen molar-refractivity contribution in [1.82, 2.24) is 14.9 Å². The SMILES string of the molecule is CNS(=O)(=O)c1ccc(CN=C(N)NCCCN2CCOCC2)cc1. The minimum atomic E-state index is -3.41. The number of nitrogens with one attached hydrogen (secondary N) is 2. The van der Waals surface area contributed by atoms with E-state index in [2.05, 4.69) is 19.9 Å². The molecule has 1 aromatic carbocycles. The van der Waals surface area contributed by atoms with Gasteiger partial charge >= 0.3 is 0 Å². The third-order valence-electron chi connectivity index (χ3n) is 4.00. The Morgan fingerprint density at radius 1 is 1.28 bits per heavy atom. The van der Waals surface area contributed by atoms with Crippen LogP contribution in [-0.2, 0) is 21.3 Å². The summed E-state index contributed by atoms with van der Waals surface area (Å²) in [4.78, 5) is 6.88. The lowest BCUT2D eigenvalue weighted by Gasteiger charge is -2.26. The molecule has 0 radical (unpaired) electrons. The van der Waals surface area contributed by atoms with E-state index in [1.165, 1.54) is 7.05 Å². The Hall–Kier alpha value is -1.68. The van der Waals surface area contributed by atoms with Crippen LogP contribution in [0.3, 0.4) is 0 Å². The van der Waals surface area contributed by atoms with Crippen molar-refractivity contribution >= 4 is 16.0 Å². The first-order valence-electron chi connectivity index (χ1n) is 8.37. The van der Waals surface area contributed by atoms with Crippen LogP contribution in [0.15, 0.2) is 34.2 Å². The molecule has 0 saturated carbocycles. The van der Waals surface area contributed by atoms with Crippen molar-refractivity contribution in [1.29, 1.82) is 0 Å². The van der Waals surface area contributed by atoms with Crippen molar-refractivity contribution in [2.24, 2.45) is 10.7 Å². The first-order chi connectivity index (χ1) is 12.0. The van der Waals surface area contributed by atoms with Crippen molar-refractivity contribution in [3.63, 3.8) is 0 Å². The van der Waals surface area contributed by atoms with Gasteiger partial charge in [0.2, 0.25) is 10.0 Å². The summed E-state index contributed by atoms with van der Waals surface area (Å²) in [6.45, 7) is 5.79. The summed E-state index contributed by atoms with van der Waals surface area (Å²) in [6.07, 6.45) is 0.993. The third-order valence-corrected chi connectivity index (χ3v) is 5.43. The molecular weight excluding hydrogens is 342 g/mol. The molecule has 0 atom stereocenters. The molecule has 2 rings (SSSR count). The second-order valence-corrected chi connectivity index (χ2v) is 7.67. The average molecular weight is 369 g/mol. The van der Waals surface area contributed by atoms with Crippen LogP contribution >= 0.6 is 0 Å². The molecule has 0 spiro atoms. The fourth-order valence-electron chi connectivity index (χ4n) is 2.47. The van der Waals surface area contributed by atoms with E-state index in [0.29, 0.717) is 12.5 Å². The largest absolute Gasteiger partial charge is 0.379 e. The molecule has 1 saturated heterocycles. The Kier molecular flexibility index (Phi) is 7.63. The summed E-state index contributed by atoms with van der Waals surface area (Å²) in [5.74, 6) is 0.397. The average Bonchev–Trinajstić information content (AvgIpc) is 2.65. The van der Waals surface area contributed by atoms with Crippen LogP contribution in [0.1, 0.15) is 12.0 Å². The summed E-state index contributed by atoms with van der Waals surface area (Å²) in [7, 11) is -2.02. The summed E-state index contributed by atoms with van der Waals surface area (Å²) in [6, 6.07) is 6.59. The van der Waals surface area contributed by atoms with Crippen LogP contribution in [0.2, 0.25) is 0 Å². The number of aliphatic imine (C=N–C) groups is 1. The minimum Gasteiger partial charge on any atom is -0.379 e. The molecule has 0 unspecified atom stereocenters. The third kappa shape index (κ3) is 6.62. The van der Waals surface area contributed by atoms with E-state index in [4.69, 9.17) is 10.5 Å². The Bertz CT molecular complexity index is 655. The Labute approximate surface area is 149 Å². The maximum atomic E-state index is 11.7. The van der Waals surface area contributed by atoms with Gasteiger partial charge in [-0.25, -0.2) is 18.1 Å². The fraction of sp³-hybridized carbons (Fsp3) is 0.562. The van der Waals surface area contributed by atoms with Crippen LogP contribution in [0.25, 0.3) is 0 Å². The van der Waals surface area contributed by atoms with Crippen molar-refractivity contribution in [2.45, 2.75) is 17.9 Å². The molecular formula is C16H27N5O3S. The van der Waals surface area contributed by atoms with Gasteiger partial charge in [0.25, 0.3) is 0 Å². The Morgan fingerprint density at radius 2 is 1.96 bits per heavy atom. The van der Waals surface area contributed by atoms with E-state index in [-0.39, 0.29) is 4.90 Å². The van der Waals surface area contributed by atoms with Gasteiger partial charge in [-0.1, -0.05) is 12.1 Å². The molecule has 1 aliphatic heterocycles. The van der Waals surface area contributed by atoms with Gasteiger partial charge in [-0.05, 0) is 37.7 Å². The van der Waals surface area contributed by atoms with Gasteiger partial charge in [0.05, 0.1) is 24.7 Å². The van der Waals surface area contributed by atoms with E-state index in [0.717, 1.165) is 51.4 Å². The highest BCUT2D eigenvalue weighted by molar-refractivity contribution is 7.89. The summed E-state index contributed by atoms with van der Waals surface area (Å²) >= 11 is 0. The van der Waals surface area contributed by atoms with Crippen molar-refractivity contribution < 1.29 is 13.2 Å². The molecule has 0 aromatic heterocycles. The number of hydrogen-bond donors (Lipinski definition) is 3. The summed E-state index contributed by atoms with van der Waals surface area (Å²) in [5.41, 5.74) is 6.76. The lowest BCUT2D eigenvalue weighted by molar-refractivity contribution is 0.0376. The van der Waals surface area contributed by atoms with E-state index >= 15 is 0 Å². The molecule has 1 aliphatic rings. The molecule has 9 heteroatoms. The maximum Gasteiger partial charge on any atom is 0.240 e. The number of ether oxygens (including phenoxy) is 1. The zero-order chi connectivity index (χ0) is 18.1. The molecule has 0 aliphatic carbocycles. The summed E-state index contributed by atoms with van der Waals surface area (Å²) < 4.78 is 30.9. The van der Waals surface area contributed by atoms with E-state index in [9.17, 15) is 8.42 Å². The van der Waals surface area contributed by atoms with Gasteiger partial charge in [0, 0.05) is 19.6 Å². The number of sulfonamides is 1. The molecule has 1 heterocycles. The zero-order valence-electron chi connectivity index (χ0n) is 14.6. The second-order valence-electron chi connectivity index (χ2n) is 5.79. The number of guanidine groups is 1. The van der Waals surface area contributed by atoms with Gasteiger partial charge in [0.1, 0.15) is 0 Å². The van der Waals surface area contributed by atoms with Crippen LogP contribution in [0.5, 0.6) is 0 Å². The Morgan fingerprint density at radius 3 is 2.60 bits per heavy atom. The Balaban J connectivity index is 1.71. The van der Waals surface area contributed by atoms with Crippen LogP contribution in [-0.4, -0.2) is 65.7 Å². The lowest BCUT2D eigenvalue weighted by Crippen LogP contribution is -2.39. The van der Waals surface area contributed by atoms with Gasteiger partial charge < -0.3 is 15.8 Å². The van der Waals surface area contributed by atoms with Gasteiger partial charge in [-0.3, -0.25) is 4.90 Å². The second kappa shape index (κ2) is 9.71. The smallest absolute Gasteiger partial charge is 0.240 e. The number of benzene rings is 1. The van der Waals surface area contributed by atoms with E-state index in [1.807, 2.05) is 0 Å². The fourth-order valence-corrected chi connectivity index (χ4v) is 3.20. The molecule has 4 N–H and O–H groups in total. The van der Waals surface area contributed by atoms with Gasteiger partial charge in [-0.15, -0.1) is 0 Å². The van der Waals surface area contributed by atoms with E-state index in [1.54, 1.807) is 24.3 Å². The standard InChI is InChI=1S/C16H27N5O3S/c1-18-25(22,23)15-5-3-14(4-6-15)13-20-16(17)19-7-2-8-21-9-11-24-12-10-21/h3-6,18H,2,7-13H2,1H3,(H3,17,19,20). The first kappa shape index (κ1) is 19.6. The molecule has 0 bridgehead atoms. The highest BCUT2D eigenvalue weighted by atomic mass is 32.2. The minimum absolute atomic E-state index is 0.233. The number of nitrogens with zero attached hydrogens (tertiary/aromatic N) is 2. The van der Waals surface area contributed by atoms with Crippen LogP contribution < -0.4 is 15.8 Å².